The molecule has 0 unspecified atom stereocenters. The van der Waals surface area contributed by atoms with Gasteiger partial charge < -0.3 is 0 Å². The fourth-order valence-corrected chi connectivity index (χ4v) is 4.63. The number of thiol groups is 1. The lowest BCUT2D eigenvalue weighted by atomic mass is 9.86. The van der Waals surface area contributed by atoms with Crippen molar-refractivity contribution in [2.24, 2.45) is 0 Å². The molecule has 0 N–H and O–H groups in total. The molecule has 0 nitrogen and oxygen atoms in total. The molecule has 0 heterocycles. The van der Waals surface area contributed by atoms with Crippen LogP contribution in [0.15, 0.2) is 103 Å². The molecule has 1 heteroatoms. The van der Waals surface area contributed by atoms with Gasteiger partial charge in [-0.05, 0) is 68.0 Å². The van der Waals surface area contributed by atoms with E-state index in [1.54, 1.807) is 0 Å². The molecular formula is C29H24S. The van der Waals surface area contributed by atoms with Gasteiger partial charge in [0.15, 0.2) is 0 Å². The van der Waals surface area contributed by atoms with E-state index in [-0.39, 0.29) is 0 Å². The second kappa shape index (κ2) is 8.38. The van der Waals surface area contributed by atoms with Crippen molar-refractivity contribution in [3.8, 4) is 22.3 Å². The quantitative estimate of drug-likeness (QED) is 0.221. The minimum atomic E-state index is 0.929. The first-order valence-corrected chi connectivity index (χ1v) is 11.2. The van der Waals surface area contributed by atoms with E-state index < -0.39 is 0 Å². The maximum Gasteiger partial charge on any atom is -0.00264 e. The molecule has 5 aromatic rings. The van der Waals surface area contributed by atoms with Crippen molar-refractivity contribution in [1.82, 2.24) is 0 Å². The minimum Gasteiger partial charge on any atom is -0.179 e. The van der Waals surface area contributed by atoms with E-state index in [2.05, 4.69) is 116 Å². The van der Waals surface area contributed by atoms with Crippen molar-refractivity contribution in [1.29, 1.82) is 0 Å². The Hall–Kier alpha value is -3.03. The molecule has 0 fully saturated rings. The van der Waals surface area contributed by atoms with Crippen LogP contribution in [0.4, 0.5) is 0 Å². The molecule has 0 aromatic heterocycles. The van der Waals surface area contributed by atoms with E-state index in [4.69, 9.17) is 0 Å². The summed E-state index contributed by atoms with van der Waals surface area (Å²) in [5.74, 6) is 0.929. The summed E-state index contributed by atoms with van der Waals surface area (Å²) in [6.07, 6.45) is 2.19. The molecule has 0 bridgehead atoms. The fourth-order valence-electron chi connectivity index (χ4n) is 4.48. The zero-order chi connectivity index (χ0) is 20.3. The van der Waals surface area contributed by atoms with Crippen molar-refractivity contribution in [2.75, 3.05) is 5.75 Å². The summed E-state index contributed by atoms with van der Waals surface area (Å²) in [5.41, 5.74) is 6.55. The van der Waals surface area contributed by atoms with E-state index in [1.165, 1.54) is 49.4 Å². The van der Waals surface area contributed by atoms with E-state index in [1.807, 2.05) is 0 Å². The molecule has 0 saturated carbocycles. The molecule has 0 aliphatic carbocycles. The highest BCUT2D eigenvalue weighted by atomic mass is 32.1. The lowest BCUT2D eigenvalue weighted by molar-refractivity contribution is 0.936. The average molecular weight is 405 g/mol. The van der Waals surface area contributed by atoms with E-state index in [9.17, 15) is 0 Å². The van der Waals surface area contributed by atoms with Crippen LogP contribution in [-0.4, -0.2) is 5.75 Å². The Bertz CT molecular complexity index is 1240. The summed E-state index contributed by atoms with van der Waals surface area (Å²) in [7, 11) is 0. The van der Waals surface area contributed by atoms with Gasteiger partial charge in [-0.15, -0.1) is 0 Å². The largest absolute Gasteiger partial charge is 0.179 e. The maximum absolute atomic E-state index is 4.35. The first-order valence-electron chi connectivity index (χ1n) is 10.6. The second-order valence-corrected chi connectivity index (χ2v) is 8.18. The minimum absolute atomic E-state index is 0.929. The van der Waals surface area contributed by atoms with Crippen LogP contribution in [0.2, 0.25) is 0 Å². The number of aryl methyl sites for hydroxylation is 1. The van der Waals surface area contributed by atoms with Gasteiger partial charge in [-0.2, -0.15) is 12.6 Å². The molecule has 0 saturated heterocycles. The summed E-state index contributed by atoms with van der Waals surface area (Å²) in [6, 6.07) is 37.5. The fraction of sp³-hybridized carbons (Fsp3) is 0.103. The van der Waals surface area contributed by atoms with Crippen LogP contribution in [0, 0.1) is 0 Å². The predicted molar refractivity (Wildman–Crippen MR) is 134 cm³/mol. The summed E-state index contributed by atoms with van der Waals surface area (Å²) in [4.78, 5) is 0. The third-order valence-corrected chi connectivity index (χ3v) is 6.18. The van der Waals surface area contributed by atoms with Gasteiger partial charge in [-0.1, -0.05) is 103 Å². The van der Waals surface area contributed by atoms with Crippen LogP contribution < -0.4 is 0 Å². The number of hydrogen-bond donors (Lipinski definition) is 1. The zero-order valence-corrected chi connectivity index (χ0v) is 17.8. The summed E-state index contributed by atoms with van der Waals surface area (Å²) in [5, 5.41) is 5.21. The Morgan fingerprint density at radius 1 is 0.467 bits per heavy atom. The summed E-state index contributed by atoms with van der Waals surface area (Å²) < 4.78 is 0. The van der Waals surface area contributed by atoms with Gasteiger partial charge >= 0.3 is 0 Å². The number of fused-ring (bicyclic) bond motifs is 2. The molecule has 0 spiro atoms. The number of rotatable bonds is 5. The molecule has 5 rings (SSSR count). The predicted octanol–water partition coefficient (Wildman–Crippen LogP) is 8.19. The molecular weight excluding hydrogens is 380 g/mol. The van der Waals surface area contributed by atoms with Crippen LogP contribution in [0.1, 0.15) is 12.0 Å². The average Bonchev–Trinajstić information content (AvgIpc) is 2.82. The van der Waals surface area contributed by atoms with Crippen LogP contribution in [-0.2, 0) is 6.42 Å². The molecule has 0 atom stereocenters. The first kappa shape index (κ1) is 19.0. The monoisotopic (exact) mass is 404 g/mol. The van der Waals surface area contributed by atoms with Crippen LogP contribution in [0.3, 0.4) is 0 Å². The Labute approximate surface area is 183 Å². The second-order valence-electron chi connectivity index (χ2n) is 7.73. The van der Waals surface area contributed by atoms with Gasteiger partial charge in [-0.3, -0.25) is 0 Å². The van der Waals surface area contributed by atoms with Gasteiger partial charge in [0.25, 0.3) is 0 Å². The molecule has 0 radical (unpaired) electrons. The van der Waals surface area contributed by atoms with Crippen molar-refractivity contribution in [3.63, 3.8) is 0 Å². The maximum atomic E-state index is 4.35. The normalized spacial score (nSPS) is 11.2. The summed E-state index contributed by atoms with van der Waals surface area (Å²) >= 11 is 4.35. The molecule has 0 aliphatic rings. The Morgan fingerprint density at radius 3 is 1.37 bits per heavy atom. The molecule has 30 heavy (non-hydrogen) atoms. The van der Waals surface area contributed by atoms with Crippen molar-refractivity contribution >= 4 is 34.2 Å². The molecule has 0 amide bonds. The highest BCUT2D eigenvalue weighted by molar-refractivity contribution is 7.80. The third-order valence-electron chi connectivity index (χ3n) is 5.86. The summed E-state index contributed by atoms with van der Waals surface area (Å²) in [6.45, 7) is 0. The van der Waals surface area contributed by atoms with Gasteiger partial charge in [0.2, 0.25) is 0 Å². The molecule has 5 aromatic carbocycles. The van der Waals surface area contributed by atoms with Crippen LogP contribution >= 0.6 is 12.6 Å². The van der Waals surface area contributed by atoms with Crippen LogP contribution in [0.5, 0.6) is 0 Å². The molecule has 0 aliphatic heterocycles. The highest BCUT2D eigenvalue weighted by Crippen LogP contribution is 2.43. The SMILES string of the molecule is SCCCc1ccc(-c2c3ccccc3c(-c3ccccc3)c3ccccc23)cc1. The smallest absolute Gasteiger partial charge is 0.00264 e. The zero-order valence-electron chi connectivity index (χ0n) is 16.9. The van der Waals surface area contributed by atoms with E-state index >= 15 is 0 Å². The number of benzene rings is 5. The van der Waals surface area contributed by atoms with E-state index in [0.29, 0.717) is 0 Å². The van der Waals surface area contributed by atoms with Gasteiger partial charge in [0.1, 0.15) is 0 Å². The van der Waals surface area contributed by atoms with Gasteiger partial charge in [0, 0.05) is 0 Å². The third kappa shape index (κ3) is 3.40. The lowest BCUT2D eigenvalue weighted by Gasteiger charge is -2.17. The Balaban J connectivity index is 1.81. The molecule has 146 valence electrons. The lowest BCUT2D eigenvalue weighted by Crippen LogP contribution is -1.91. The van der Waals surface area contributed by atoms with Crippen molar-refractivity contribution < 1.29 is 0 Å². The Morgan fingerprint density at radius 2 is 0.900 bits per heavy atom. The van der Waals surface area contributed by atoms with Gasteiger partial charge in [0.05, 0.1) is 0 Å². The first-order chi connectivity index (χ1) is 14.9. The standard InChI is InChI=1S/C29H24S/c30-20-8-9-21-16-18-23(19-17-21)29-26-14-6-4-12-24(26)28(22-10-2-1-3-11-22)25-13-5-7-15-27(25)29/h1-7,10-19,30H,8-9,20H2. The van der Waals surface area contributed by atoms with Gasteiger partial charge in [-0.25, -0.2) is 0 Å². The van der Waals surface area contributed by atoms with Crippen molar-refractivity contribution in [3.05, 3.63) is 109 Å². The van der Waals surface area contributed by atoms with Crippen LogP contribution in [0.25, 0.3) is 43.8 Å². The number of hydrogen-bond acceptors (Lipinski definition) is 1. The highest BCUT2D eigenvalue weighted by Gasteiger charge is 2.15. The van der Waals surface area contributed by atoms with E-state index in [0.717, 1.165) is 18.6 Å². The van der Waals surface area contributed by atoms with Crippen molar-refractivity contribution in [2.45, 2.75) is 12.8 Å². The Kier molecular flexibility index (Phi) is 5.29. The topological polar surface area (TPSA) is 0 Å².